The van der Waals surface area contributed by atoms with Crippen LogP contribution in [0, 0.1) is 13.8 Å². The molecule has 44 heavy (non-hydrogen) atoms. The first-order valence-corrected chi connectivity index (χ1v) is 13.3. The predicted octanol–water partition coefficient (Wildman–Crippen LogP) is 0.0754. The number of anilines is 2. The lowest BCUT2D eigenvalue weighted by atomic mass is 10.0. The minimum Gasteiger partial charge on any atom is -0.343 e. The van der Waals surface area contributed by atoms with E-state index in [0.29, 0.717) is 22.5 Å². The first-order chi connectivity index (χ1) is 21.1. The second kappa shape index (κ2) is 12.4. The number of Topliss-reactive ketones (excluding diaryl/α,β-unsaturated/α-hetero) is 2. The molecule has 1 aliphatic heterocycles. The van der Waals surface area contributed by atoms with Crippen molar-refractivity contribution in [2.24, 2.45) is 0 Å². The number of nitrogens with one attached hydrogen (secondary N) is 4. The molecule has 224 valence electrons. The highest BCUT2D eigenvalue weighted by Crippen LogP contribution is 2.20. The predicted molar refractivity (Wildman–Crippen MR) is 152 cm³/mol. The van der Waals surface area contributed by atoms with Gasteiger partial charge in [-0.3, -0.25) is 28.8 Å². The summed E-state index contributed by atoms with van der Waals surface area (Å²) < 4.78 is 2.42. The summed E-state index contributed by atoms with van der Waals surface area (Å²) in [4.78, 5) is 77.9. The molecule has 0 fully saturated rings. The topological polar surface area (TPSA) is 212 Å². The molecular formula is C28H26N10O6. The molecule has 4 N–H and O–H groups in total. The molecule has 0 radical (unpaired) electrons. The van der Waals surface area contributed by atoms with Crippen LogP contribution in [0.2, 0.25) is 0 Å². The molecule has 16 heteroatoms. The summed E-state index contributed by atoms with van der Waals surface area (Å²) >= 11 is 0. The lowest BCUT2D eigenvalue weighted by Gasteiger charge is -2.14. The third-order valence-corrected chi connectivity index (χ3v) is 6.64. The number of nitrogens with zero attached hydrogens (tertiary/aromatic N) is 6. The van der Waals surface area contributed by atoms with E-state index in [1.165, 1.54) is 46.0 Å². The molecule has 0 spiro atoms. The summed E-state index contributed by atoms with van der Waals surface area (Å²) in [5.74, 6) is -4.89. The molecular weight excluding hydrogens is 572 g/mol. The number of amides is 4. The van der Waals surface area contributed by atoms with Crippen molar-refractivity contribution in [3.05, 3.63) is 82.4 Å². The second-order valence-corrected chi connectivity index (χ2v) is 9.98. The zero-order chi connectivity index (χ0) is 31.4. The Bertz CT molecular complexity index is 1690. The zero-order valence-corrected chi connectivity index (χ0v) is 23.6. The Kier molecular flexibility index (Phi) is 8.32. The molecule has 0 unspecified atom stereocenters. The number of fused-ring (bicyclic) bond motifs is 4. The molecule has 4 amide bonds. The average Bonchev–Trinajstić information content (AvgIpc) is 3.63. The maximum atomic E-state index is 13.1. The number of carbonyl (C=O) groups is 6. The van der Waals surface area contributed by atoms with Crippen LogP contribution in [0.25, 0.3) is 0 Å². The van der Waals surface area contributed by atoms with E-state index in [9.17, 15) is 28.8 Å². The number of benzene rings is 2. The SMILES string of the molecule is Cc1ccc2c(c1)C(=O)C(=O)NCc1cnnn1CC(=O)Nc1ccc(C)cc1C(=O)C(=O)NCc1cnnn1CC(=O)N2. The van der Waals surface area contributed by atoms with E-state index in [-0.39, 0.29) is 48.7 Å². The van der Waals surface area contributed by atoms with Crippen LogP contribution in [0.1, 0.15) is 43.2 Å². The average molecular weight is 599 g/mol. The van der Waals surface area contributed by atoms with E-state index in [0.717, 1.165) is 0 Å². The van der Waals surface area contributed by atoms with Crippen molar-refractivity contribution in [1.29, 1.82) is 0 Å². The summed E-state index contributed by atoms with van der Waals surface area (Å²) in [6.45, 7) is 2.37. The molecule has 5 rings (SSSR count). The lowest BCUT2D eigenvalue weighted by molar-refractivity contribution is -0.118. The molecule has 0 saturated carbocycles. The highest BCUT2D eigenvalue weighted by atomic mass is 16.2. The molecule has 2 aromatic heterocycles. The van der Waals surface area contributed by atoms with Crippen LogP contribution in [-0.4, -0.2) is 65.2 Å². The quantitative estimate of drug-likeness (QED) is 0.200. The van der Waals surface area contributed by atoms with Crippen LogP contribution in [-0.2, 0) is 45.4 Å². The monoisotopic (exact) mass is 598 g/mol. The van der Waals surface area contributed by atoms with Gasteiger partial charge in [-0.1, -0.05) is 33.7 Å². The standard InChI is InChI=1S/C28H26N10O6/c1-15-3-5-21-19(7-15)25(41)27(43)29-9-17-11-31-36-38(17)14-24(40)34-22-6-4-16(2)8-20(22)26(42)28(44)30-10-18-12-32-35-37(18)13-23(39)33-21/h3-8,11-12H,9-10,13-14H2,1-2H3,(H,29,43)(H,30,44)(H,33,39)(H,34,40). The zero-order valence-electron chi connectivity index (χ0n) is 23.6. The van der Waals surface area contributed by atoms with Gasteiger partial charge in [-0.05, 0) is 38.1 Å². The van der Waals surface area contributed by atoms with Crippen LogP contribution in [0.4, 0.5) is 11.4 Å². The second-order valence-electron chi connectivity index (χ2n) is 9.98. The van der Waals surface area contributed by atoms with E-state index in [1.54, 1.807) is 26.0 Å². The Morgan fingerprint density at radius 2 is 1.02 bits per heavy atom. The van der Waals surface area contributed by atoms with Gasteiger partial charge in [-0.25, -0.2) is 9.36 Å². The van der Waals surface area contributed by atoms with Gasteiger partial charge in [0.2, 0.25) is 11.8 Å². The van der Waals surface area contributed by atoms with Crippen molar-refractivity contribution in [1.82, 2.24) is 40.6 Å². The van der Waals surface area contributed by atoms with Crippen molar-refractivity contribution < 1.29 is 28.8 Å². The maximum Gasteiger partial charge on any atom is 0.292 e. The summed E-state index contributed by atoms with van der Waals surface area (Å²) in [5.41, 5.74) is 2.09. The van der Waals surface area contributed by atoms with Crippen LogP contribution in [0.3, 0.4) is 0 Å². The van der Waals surface area contributed by atoms with Crippen LogP contribution >= 0.6 is 0 Å². The number of rotatable bonds is 0. The van der Waals surface area contributed by atoms with Crippen LogP contribution in [0.5, 0.6) is 0 Å². The first-order valence-electron chi connectivity index (χ1n) is 13.3. The van der Waals surface area contributed by atoms with Gasteiger partial charge < -0.3 is 21.3 Å². The summed E-state index contributed by atoms with van der Waals surface area (Å²) in [7, 11) is 0. The highest BCUT2D eigenvalue weighted by molar-refractivity contribution is 6.44. The van der Waals surface area contributed by atoms with Gasteiger partial charge in [0, 0.05) is 0 Å². The number of aryl methyl sites for hydroxylation is 2. The van der Waals surface area contributed by atoms with E-state index in [1.807, 2.05) is 0 Å². The molecule has 3 heterocycles. The highest BCUT2D eigenvalue weighted by Gasteiger charge is 2.24. The van der Waals surface area contributed by atoms with Gasteiger partial charge >= 0.3 is 0 Å². The van der Waals surface area contributed by atoms with Crippen molar-refractivity contribution in [3.63, 3.8) is 0 Å². The van der Waals surface area contributed by atoms with E-state index < -0.39 is 35.2 Å². The fourth-order valence-corrected chi connectivity index (χ4v) is 4.41. The Balaban J connectivity index is 1.47. The van der Waals surface area contributed by atoms with Gasteiger partial charge in [0.1, 0.15) is 13.1 Å². The molecule has 16 nitrogen and oxygen atoms in total. The molecule has 2 aromatic carbocycles. The first kappa shape index (κ1) is 29.4. The van der Waals surface area contributed by atoms with E-state index in [2.05, 4.69) is 41.9 Å². The summed E-state index contributed by atoms with van der Waals surface area (Å²) in [6, 6.07) is 9.26. The van der Waals surface area contributed by atoms with Crippen LogP contribution in [0.15, 0.2) is 48.8 Å². The summed E-state index contributed by atoms with van der Waals surface area (Å²) in [6.07, 6.45) is 2.64. The molecule has 0 atom stereocenters. The minimum absolute atomic E-state index is 0.0394. The number of aromatic nitrogens is 6. The van der Waals surface area contributed by atoms with Gasteiger partial charge in [0.25, 0.3) is 23.4 Å². The van der Waals surface area contributed by atoms with Crippen molar-refractivity contribution >= 4 is 46.6 Å². The third-order valence-electron chi connectivity index (χ3n) is 6.64. The Morgan fingerprint density at radius 1 is 0.614 bits per heavy atom. The van der Waals surface area contributed by atoms with Crippen LogP contribution < -0.4 is 21.3 Å². The molecule has 4 aromatic rings. The maximum absolute atomic E-state index is 13.1. The smallest absolute Gasteiger partial charge is 0.292 e. The third kappa shape index (κ3) is 6.53. The number of carbonyl (C=O) groups excluding carboxylic acids is 6. The fraction of sp³-hybridized carbons (Fsp3) is 0.214. The minimum atomic E-state index is -0.956. The molecule has 0 bridgehead atoms. The van der Waals surface area contributed by atoms with E-state index in [4.69, 9.17) is 0 Å². The number of hydrogen-bond donors (Lipinski definition) is 4. The van der Waals surface area contributed by atoms with Gasteiger partial charge in [0.05, 0.1) is 59.4 Å². The van der Waals surface area contributed by atoms with Crippen molar-refractivity contribution in [2.45, 2.75) is 40.0 Å². The number of ketones is 2. The van der Waals surface area contributed by atoms with Crippen molar-refractivity contribution in [3.8, 4) is 0 Å². The lowest BCUT2D eigenvalue weighted by Crippen LogP contribution is -2.34. The van der Waals surface area contributed by atoms with Gasteiger partial charge in [0.15, 0.2) is 0 Å². The molecule has 0 aliphatic carbocycles. The van der Waals surface area contributed by atoms with Gasteiger partial charge in [-0.2, -0.15) is 0 Å². The Morgan fingerprint density at radius 3 is 1.43 bits per heavy atom. The largest absolute Gasteiger partial charge is 0.343 e. The fourth-order valence-electron chi connectivity index (χ4n) is 4.41. The Hall–Kier alpha value is -6.06. The molecule has 0 saturated heterocycles. The summed E-state index contributed by atoms with van der Waals surface area (Å²) in [5, 5.41) is 25.5. The van der Waals surface area contributed by atoms with E-state index >= 15 is 0 Å². The van der Waals surface area contributed by atoms with Crippen molar-refractivity contribution in [2.75, 3.05) is 10.6 Å². The number of hydrogen-bond acceptors (Lipinski definition) is 10. The Labute approximate surface area is 249 Å². The molecule has 1 aliphatic rings. The normalized spacial score (nSPS) is 15.2. The van der Waals surface area contributed by atoms with Gasteiger partial charge in [-0.15, -0.1) is 10.2 Å².